The zero-order valence-electron chi connectivity index (χ0n) is 39.1. The van der Waals surface area contributed by atoms with Gasteiger partial charge in [0.05, 0.1) is 25.2 Å². The lowest BCUT2D eigenvalue weighted by atomic mass is 10.0. The quantitative estimate of drug-likeness (QED) is 0.0323. The summed E-state index contributed by atoms with van der Waals surface area (Å²) < 4.78 is 5.92. The predicted octanol–water partition coefficient (Wildman–Crippen LogP) is 15.1. The Labute approximate surface area is 366 Å². The molecule has 0 aromatic carbocycles. The molecule has 0 aliphatic carbocycles. The maximum Gasteiger partial charge on any atom is 0.306 e. The van der Waals surface area contributed by atoms with Gasteiger partial charge in [0.2, 0.25) is 5.91 Å². The van der Waals surface area contributed by atoms with Crippen molar-refractivity contribution in [3.63, 3.8) is 0 Å². The van der Waals surface area contributed by atoms with Crippen molar-refractivity contribution in [2.75, 3.05) is 6.61 Å². The molecule has 6 nitrogen and oxygen atoms in total. The second kappa shape index (κ2) is 46.9. The Balaban J connectivity index is 4.60. The van der Waals surface area contributed by atoms with Crippen LogP contribution in [0, 0.1) is 0 Å². The SMILES string of the molecule is CC/C=C/C=C/C=C/C=C\CCCCCCCC(=O)OC(CCCCCCCCCCCCCCCCCC)CC(=O)NC(CO)C(O)CCCCCCCCCCC. The van der Waals surface area contributed by atoms with E-state index in [0.717, 1.165) is 77.0 Å². The summed E-state index contributed by atoms with van der Waals surface area (Å²) in [4.78, 5) is 26.1. The van der Waals surface area contributed by atoms with Crippen molar-refractivity contribution in [3.8, 4) is 0 Å². The maximum absolute atomic E-state index is 13.2. The third-order valence-corrected chi connectivity index (χ3v) is 11.5. The number of hydrogen-bond acceptors (Lipinski definition) is 5. The fourth-order valence-electron chi connectivity index (χ4n) is 7.68. The Kier molecular flexibility index (Phi) is 45.1. The van der Waals surface area contributed by atoms with Gasteiger partial charge in [0.15, 0.2) is 0 Å². The van der Waals surface area contributed by atoms with E-state index in [0.29, 0.717) is 19.3 Å². The average molecular weight is 828 g/mol. The van der Waals surface area contributed by atoms with E-state index in [1.54, 1.807) is 0 Å². The van der Waals surface area contributed by atoms with Crippen LogP contribution in [0.2, 0.25) is 0 Å². The van der Waals surface area contributed by atoms with Crippen molar-refractivity contribution < 1.29 is 24.5 Å². The Morgan fingerprint density at radius 3 is 1.39 bits per heavy atom. The third kappa shape index (κ3) is 42.3. The number of rotatable bonds is 45. The normalized spacial score (nSPS) is 13.6. The maximum atomic E-state index is 13.2. The van der Waals surface area contributed by atoms with E-state index in [1.807, 2.05) is 18.2 Å². The number of esters is 1. The van der Waals surface area contributed by atoms with Gasteiger partial charge >= 0.3 is 5.97 Å². The van der Waals surface area contributed by atoms with E-state index in [9.17, 15) is 19.8 Å². The molecule has 0 aromatic heterocycles. The van der Waals surface area contributed by atoms with Gasteiger partial charge in [0.25, 0.3) is 0 Å². The van der Waals surface area contributed by atoms with Crippen LogP contribution in [-0.4, -0.2) is 46.9 Å². The molecule has 0 saturated carbocycles. The fraction of sp³-hybridized carbons (Fsp3) is 0.811. The molecule has 3 unspecified atom stereocenters. The molecule has 0 rings (SSSR count). The Morgan fingerprint density at radius 1 is 0.508 bits per heavy atom. The summed E-state index contributed by atoms with van der Waals surface area (Å²) in [5.41, 5.74) is 0. The van der Waals surface area contributed by atoms with Gasteiger partial charge in [-0.15, -0.1) is 0 Å². The predicted molar refractivity (Wildman–Crippen MR) is 255 cm³/mol. The second-order valence-electron chi connectivity index (χ2n) is 17.3. The molecule has 344 valence electrons. The monoisotopic (exact) mass is 828 g/mol. The average Bonchev–Trinajstić information content (AvgIpc) is 3.23. The third-order valence-electron chi connectivity index (χ3n) is 11.5. The Hall–Kier alpha value is -2.18. The summed E-state index contributed by atoms with van der Waals surface area (Å²) in [6.07, 6.45) is 56.0. The molecule has 3 atom stereocenters. The number of unbranched alkanes of at least 4 members (excludes halogenated alkanes) is 28. The number of aliphatic hydroxyl groups excluding tert-OH is 2. The van der Waals surface area contributed by atoms with E-state index < -0.39 is 18.2 Å². The molecule has 0 aromatic rings. The summed E-state index contributed by atoms with van der Waals surface area (Å²) in [6.45, 7) is 6.33. The van der Waals surface area contributed by atoms with Gasteiger partial charge in [0, 0.05) is 6.42 Å². The molecule has 1 amide bonds. The molecule has 0 saturated heterocycles. The van der Waals surface area contributed by atoms with E-state index in [-0.39, 0.29) is 24.9 Å². The minimum Gasteiger partial charge on any atom is -0.462 e. The van der Waals surface area contributed by atoms with Crippen LogP contribution in [0.4, 0.5) is 0 Å². The van der Waals surface area contributed by atoms with Crippen LogP contribution >= 0.6 is 0 Å². The van der Waals surface area contributed by atoms with Crippen LogP contribution in [0.3, 0.4) is 0 Å². The summed E-state index contributed by atoms with van der Waals surface area (Å²) in [7, 11) is 0. The Morgan fingerprint density at radius 2 is 0.915 bits per heavy atom. The minimum atomic E-state index is -0.789. The highest BCUT2D eigenvalue weighted by Crippen LogP contribution is 2.18. The van der Waals surface area contributed by atoms with E-state index >= 15 is 0 Å². The van der Waals surface area contributed by atoms with E-state index in [1.165, 1.54) is 128 Å². The zero-order valence-corrected chi connectivity index (χ0v) is 39.1. The van der Waals surface area contributed by atoms with Gasteiger partial charge < -0.3 is 20.3 Å². The number of hydrogen-bond donors (Lipinski definition) is 3. The van der Waals surface area contributed by atoms with Gasteiger partial charge in [-0.2, -0.15) is 0 Å². The first kappa shape index (κ1) is 56.8. The van der Waals surface area contributed by atoms with Gasteiger partial charge in [-0.3, -0.25) is 9.59 Å². The highest BCUT2D eigenvalue weighted by atomic mass is 16.5. The summed E-state index contributed by atoms with van der Waals surface area (Å²) in [6, 6.07) is -0.703. The van der Waals surface area contributed by atoms with Crippen LogP contribution in [0.1, 0.15) is 252 Å². The van der Waals surface area contributed by atoms with Gasteiger partial charge in [-0.1, -0.05) is 243 Å². The molecule has 6 heteroatoms. The number of nitrogens with one attached hydrogen (secondary N) is 1. The molecule has 3 N–H and O–H groups in total. The summed E-state index contributed by atoms with van der Waals surface area (Å²) >= 11 is 0. The molecule has 0 heterocycles. The van der Waals surface area contributed by atoms with Crippen molar-refractivity contribution in [1.82, 2.24) is 5.32 Å². The molecule has 0 fully saturated rings. The number of ether oxygens (including phenoxy) is 1. The van der Waals surface area contributed by atoms with Gasteiger partial charge in [-0.05, 0) is 44.9 Å². The zero-order chi connectivity index (χ0) is 43.1. The largest absolute Gasteiger partial charge is 0.462 e. The first-order valence-corrected chi connectivity index (χ1v) is 25.4. The molecular weight excluding hydrogens is 731 g/mol. The number of aliphatic hydroxyl groups is 2. The fourth-order valence-corrected chi connectivity index (χ4v) is 7.68. The highest BCUT2D eigenvalue weighted by Gasteiger charge is 2.24. The van der Waals surface area contributed by atoms with E-state index in [2.05, 4.69) is 56.5 Å². The van der Waals surface area contributed by atoms with Gasteiger partial charge in [-0.25, -0.2) is 0 Å². The first-order valence-electron chi connectivity index (χ1n) is 25.4. The number of carbonyl (C=O) groups is 2. The Bertz CT molecular complexity index is 1020. The molecule has 0 aliphatic heterocycles. The number of allylic oxidation sites excluding steroid dienone is 8. The van der Waals surface area contributed by atoms with Crippen LogP contribution in [0.25, 0.3) is 0 Å². The molecule has 0 aliphatic rings. The second-order valence-corrected chi connectivity index (χ2v) is 17.3. The first-order chi connectivity index (χ1) is 29.0. The summed E-state index contributed by atoms with van der Waals surface area (Å²) in [5, 5.41) is 23.7. The van der Waals surface area contributed by atoms with Gasteiger partial charge in [0.1, 0.15) is 6.10 Å². The molecule has 59 heavy (non-hydrogen) atoms. The molecular formula is C53H97NO5. The molecule has 0 radical (unpaired) electrons. The molecule has 0 spiro atoms. The minimum absolute atomic E-state index is 0.0701. The van der Waals surface area contributed by atoms with Crippen LogP contribution < -0.4 is 5.32 Å². The number of amides is 1. The lowest BCUT2D eigenvalue weighted by Crippen LogP contribution is -2.46. The standard InChI is InChI=1S/C53H97NO5/c1-4-7-10-13-16-19-21-23-25-27-28-30-33-35-38-41-44-49(47-52(57)54-50(48-55)51(56)45-42-39-36-32-18-15-12-9-6-3)59-53(58)46-43-40-37-34-31-29-26-24-22-20-17-14-11-8-5-2/h8,11,14,17,20,22,24,26,49-51,55-56H,4-7,9-10,12-13,15-16,18-19,21,23,25,27-48H2,1-3H3,(H,54,57)/b11-8+,17-14+,22-20+,26-24-. The van der Waals surface area contributed by atoms with Crippen LogP contribution in [0.5, 0.6) is 0 Å². The lowest BCUT2D eigenvalue weighted by molar-refractivity contribution is -0.151. The van der Waals surface area contributed by atoms with Crippen molar-refractivity contribution >= 4 is 11.9 Å². The lowest BCUT2D eigenvalue weighted by Gasteiger charge is -2.24. The van der Waals surface area contributed by atoms with Crippen LogP contribution in [-0.2, 0) is 14.3 Å². The summed E-state index contributed by atoms with van der Waals surface area (Å²) in [5.74, 6) is -0.494. The topological polar surface area (TPSA) is 95.9 Å². The van der Waals surface area contributed by atoms with Crippen molar-refractivity contribution in [2.24, 2.45) is 0 Å². The van der Waals surface area contributed by atoms with Crippen molar-refractivity contribution in [2.45, 2.75) is 270 Å². The van der Waals surface area contributed by atoms with E-state index in [4.69, 9.17) is 4.74 Å². The van der Waals surface area contributed by atoms with Crippen LogP contribution in [0.15, 0.2) is 48.6 Å². The van der Waals surface area contributed by atoms with Crippen molar-refractivity contribution in [3.05, 3.63) is 48.6 Å². The smallest absolute Gasteiger partial charge is 0.306 e. The van der Waals surface area contributed by atoms with Crippen molar-refractivity contribution in [1.29, 1.82) is 0 Å². The molecule has 0 bridgehead atoms. The number of carbonyl (C=O) groups excluding carboxylic acids is 2. The highest BCUT2D eigenvalue weighted by molar-refractivity contribution is 5.77.